The van der Waals surface area contributed by atoms with E-state index in [1.54, 1.807) is 6.08 Å². The fourth-order valence-electron chi connectivity index (χ4n) is 0.761. The number of rotatable bonds is 5. The summed E-state index contributed by atoms with van der Waals surface area (Å²) in [7, 11) is 1.81. The zero-order valence-corrected chi connectivity index (χ0v) is 8.55. The smallest absolute Gasteiger partial charge is 0.222 e. The lowest BCUT2D eigenvalue weighted by Gasteiger charge is -2.07. The fourth-order valence-corrected chi connectivity index (χ4v) is 0.761. The van der Waals surface area contributed by atoms with Gasteiger partial charge in [0, 0.05) is 25.7 Å². The van der Waals surface area contributed by atoms with E-state index in [1.165, 1.54) is 0 Å². The predicted molar refractivity (Wildman–Crippen MR) is 55.2 cm³/mol. The average molecular weight is 182 g/mol. The first-order chi connectivity index (χ1) is 6.11. The molecule has 0 heterocycles. The van der Waals surface area contributed by atoms with Crippen molar-refractivity contribution >= 4 is 5.91 Å². The molecule has 0 aromatic heterocycles. The van der Waals surface area contributed by atoms with E-state index < -0.39 is 0 Å². The molecule has 0 aromatic carbocycles. The minimum Gasteiger partial charge on any atom is -0.394 e. The zero-order chi connectivity index (χ0) is 10.3. The van der Waals surface area contributed by atoms with Gasteiger partial charge in [0.15, 0.2) is 0 Å². The molecule has 0 aromatic rings. The Morgan fingerprint density at radius 1 is 1.54 bits per heavy atom. The van der Waals surface area contributed by atoms with Crippen molar-refractivity contribution in [1.29, 1.82) is 0 Å². The molecular formula is C10H18N2O. The number of carbonyl (C=O) groups is 1. The molecule has 0 rings (SSSR count). The van der Waals surface area contributed by atoms with Gasteiger partial charge in [-0.25, -0.2) is 0 Å². The van der Waals surface area contributed by atoms with Crippen molar-refractivity contribution in [2.75, 3.05) is 13.6 Å². The highest BCUT2D eigenvalue weighted by atomic mass is 16.1. The highest BCUT2D eigenvalue weighted by molar-refractivity contribution is 5.78. The molecule has 1 amide bonds. The lowest BCUT2D eigenvalue weighted by Crippen LogP contribution is -2.29. The van der Waals surface area contributed by atoms with Crippen LogP contribution in [0.4, 0.5) is 0 Å². The summed E-state index contributed by atoms with van der Waals surface area (Å²) < 4.78 is 0. The third kappa shape index (κ3) is 5.06. The Morgan fingerprint density at radius 2 is 2.15 bits per heavy atom. The van der Waals surface area contributed by atoms with Crippen LogP contribution in [-0.2, 0) is 4.79 Å². The van der Waals surface area contributed by atoms with Crippen LogP contribution < -0.4 is 10.6 Å². The molecule has 0 aliphatic carbocycles. The van der Waals surface area contributed by atoms with Crippen LogP contribution in [0.1, 0.15) is 13.8 Å². The van der Waals surface area contributed by atoms with Crippen molar-refractivity contribution in [2.45, 2.75) is 13.8 Å². The third-order valence-corrected chi connectivity index (χ3v) is 1.58. The molecule has 0 bridgehead atoms. The van der Waals surface area contributed by atoms with Crippen LogP contribution in [0.25, 0.3) is 0 Å². The van der Waals surface area contributed by atoms with Crippen LogP contribution in [0, 0.1) is 5.92 Å². The molecule has 74 valence electrons. The van der Waals surface area contributed by atoms with E-state index in [2.05, 4.69) is 17.2 Å². The highest BCUT2D eigenvalue weighted by Gasteiger charge is 2.05. The summed E-state index contributed by atoms with van der Waals surface area (Å²) in [6, 6.07) is 0. The van der Waals surface area contributed by atoms with Gasteiger partial charge in [0.25, 0.3) is 0 Å². The first-order valence-electron chi connectivity index (χ1n) is 4.38. The fraction of sp³-hybridized carbons (Fsp3) is 0.500. The SMILES string of the molecule is C=C/C(=C\NC)CNC(=O)C(C)C. The van der Waals surface area contributed by atoms with Gasteiger partial charge < -0.3 is 10.6 Å². The van der Waals surface area contributed by atoms with Crippen molar-refractivity contribution in [2.24, 2.45) is 5.92 Å². The molecule has 0 unspecified atom stereocenters. The van der Waals surface area contributed by atoms with E-state index in [1.807, 2.05) is 27.1 Å². The maximum atomic E-state index is 11.2. The second-order valence-corrected chi connectivity index (χ2v) is 3.08. The van der Waals surface area contributed by atoms with Gasteiger partial charge in [0.1, 0.15) is 0 Å². The summed E-state index contributed by atoms with van der Waals surface area (Å²) in [6.45, 7) is 7.90. The maximum Gasteiger partial charge on any atom is 0.222 e. The molecule has 0 radical (unpaired) electrons. The minimum atomic E-state index is 0.0284. The van der Waals surface area contributed by atoms with Gasteiger partial charge >= 0.3 is 0 Å². The molecule has 2 N–H and O–H groups in total. The number of carbonyl (C=O) groups excluding carboxylic acids is 1. The van der Waals surface area contributed by atoms with Crippen molar-refractivity contribution in [3.63, 3.8) is 0 Å². The molecule has 0 aliphatic heterocycles. The van der Waals surface area contributed by atoms with E-state index in [4.69, 9.17) is 0 Å². The van der Waals surface area contributed by atoms with Gasteiger partial charge in [-0.2, -0.15) is 0 Å². The average Bonchev–Trinajstić information content (AvgIpc) is 2.11. The summed E-state index contributed by atoms with van der Waals surface area (Å²) in [5, 5.41) is 5.69. The standard InChI is InChI=1S/C10H18N2O/c1-5-9(6-11-4)7-12-10(13)8(2)3/h5-6,8,11H,1,7H2,2-4H3,(H,12,13)/b9-6+. The van der Waals surface area contributed by atoms with Crippen LogP contribution in [-0.4, -0.2) is 19.5 Å². The van der Waals surface area contributed by atoms with Crippen LogP contribution in [0.15, 0.2) is 24.4 Å². The molecule has 3 heteroatoms. The van der Waals surface area contributed by atoms with Gasteiger partial charge in [0.05, 0.1) is 0 Å². The summed E-state index contributed by atoms with van der Waals surface area (Å²) in [5.74, 6) is 0.0875. The Kier molecular flexibility index (Phi) is 5.68. The van der Waals surface area contributed by atoms with Crippen molar-refractivity contribution in [1.82, 2.24) is 10.6 Å². The van der Waals surface area contributed by atoms with E-state index in [9.17, 15) is 4.79 Å². The molecule has 0 fully saturated rings. The monoisotopic (exact) mass is 182 g/mol. The third-order valence-electron chi connectivity index (χ3n) is 1.58. The van der Waals surface area contributed by atoms with E-state index >= 15 is 0 Å². The van der Waals surface area contributed by atoms with E-state index in [0.717, 1.165) is 5.57 Å². The largest absolute Gasteiger partial charge is 0.394 e. The Labute approximate surface area is 79.9 Å². The molecule has 0 saturated carbocycles. The summed E-state index contributed by atoms with van der Waals surface area (Å²) >= 11 is 0. The van der Waals surface area contributed by atoms with Crippen LogP contribution >= 0.6 is 0 Å². The van der Waals surface area contributed by atoms with E-state index in [0.29, 0.717) is 6.54 Å². The van der Waals surface area contributed by atoms with Gasteiger partial charge in [-0.1, -0.05) is 26.5 Å². The lowest BCUT2D eigenvalue weighted by atomic mass is 10.2. The van der Waals surface area contributed by atoms with Crippen molar-refractivity contribution in [3.05, 3.63) is 24.4 Å². The van der Waals surface area contributed by atoms with Crippen molar-refractivity contribution < 1.29 is 4.79 Å². The first kappa shape index (κ1) is 11.8. The maximum absolute atomic E-state index is 11.2. The number of hydrogen-bond acceptors (Lipinski definition) is 2. The molecule has 0 spiro atoms. The lowest BCUT2D eigenvalue weighted by molar-refractivity contribution is -0.123. The number of amides is 1. The first-order valence-corrected chi connectivity index (χ1v) is 4.38. The predicted octanol–water partition coefficient (Wildman–Crippen LogP) is 1.05. The molecule has 0 saturated heterocycles. The Hall–Kier alpha value is -1.25. The van der Waals surface area contributed by atoms with Crippen LogP contribution in [0.2, 0.25) is 0 Å². The number of nitrogens with one attached hydrogen (secondary N) is 2. The molecule has 13 heavy (non-hydrogen) atoms. The minimum absolute atomic E-state index is 0.0284. The van der Waals surface area contributed by atoms with Crippen LogP contribution in [0.5, 0.6) is 0 Å². The quantitative estimate of drug-likeness (QED) is 0.624. The summed E-state index contributed by atoms with van der Waals surface area (Å²) in [4.78, 5) is 11.2. The van der Waals surface area contributed by atoms with E-state index in [-0.39, 0.29) is 11.8 Å². The summed E-state index contributed by atoms with van der Waals surface area (Å²) in [5.41, 5.74) is 0.969. The molecule has 0 aliphatic rings. The highest BCUT2D eigenvalue weighted by Crippen LogP contribution is 1.94. The van der Waals surface area contributed by atoms with Gasteiger partial charge in [-0.05, 0) is 5.57 Å². The zero-order valence-electron chi connectivity index (χ0n) is 8.55. The second kappa shape index (κ2) is 6.29. The number of hydrogen-bond donors (Lipinski definition) is 2. The Balaban J connectivity index is 3.92. The Morgan fingerprint density at radius 3 is 2.54 bits per heavy atom. The normalized spacial score (nSPS) is 11.2. The van der Waals surface area contributed by atoms with Gasteiger partial charge in [-0.15, -0.1) is 0 Å². The molecular weight excluding hydrogens is 164 g/mol. The molecule has 3 nitrogen and oxygen atoms in total. The Bertz CT molecular complexity index is 207. The topological polar surface area (TPSA) is 41.1 Å². The molecule has 0 atom stereocenters. The van der Waals surface area contributed by atoms with Gasteiger partial charge in [-0.3, -0.25) is 4.79 Å². The van der Waals surface area contributed by atoms with Crippen molar-refractivity contribution in [3.8, 4) is 0 Å². The van der Waals surface area contributed by atoms with Crippen LogP contribution in [0.3, 0.4) is 0 Å². The second-order valence-electron chi connectivity index (χ2n) is 3.08. The van der Waals surface area contributed by atoms with Gasteiger partial charge in [0.2, 0.25) is 5.91 Å². The summed E-state index contributed by atoms with van der Waals surface area (Å²) in [6.07, 6.45) is 3.53.